The molecule has 13 heteroatoms. The monoisotopic (exact) mass is 494 g/mol. The Morgan fingerprint density at radius 2 is 1.59 bits per heavy atom. The van der Waals surface area contributed by atoms with Crippen molar-refractivity contribution in [2.24, 2.45) is 0 Å². The van der Waals surface area contributed by atoms with Crippen LogP contribution in [0.3, 0.4) is 0 Å². The van der Waals surface area contributed by atoms with E-state index in [-0.39, 0.29) is 10.6 Å². The van der Waals surface area contributed by atoms with Gasteiger partial charge in [0.2, 0.25) is 5.95 Å². The highest BCUT2D eigenvalue weighted by Crippen LogP contribution is 2.25. The minimum absolute atomic E-state index is 0.203. The van der Waals surface area contributed by atoms with E-state index in [9.17, 15) is 21.6 Å². The van der Waals surface area contributed by atoms with E-state index >= 15 is 0 Å². The van der Waals surface area contributed by atoms with Crippen LogP contribution in [-0.4, -0.2) is 50.9 Å². The molecule has 1 fully saturated rings. The summed E-state index contributed by atoms with van der Waals surface area (Å²) in [6.07, 6.45) is -3.19. The Hall–Kier alpha value is -3.58. The zero-order valence-corrected chi connectivity index (χ0v) is 18.5. The summed E-state index contributed by atoms with van der Waals surface area (Å²) < 4.78 is 68.0. The number of piperazine rings is 1. The summed E-state index contributed by atoms with van der Waals surface area (Å²) in [5.41, 5.74) is 0.965. The number of aromatic nitrogens is 2. The van der Waals surface area contributed by atoms with Crippen LogP contribution in [-0.2, 0) is 10.0 Å². The summed E-state index contributed by atoms with van der Waals surface area (Å²) in [6, 6.07) is 12.1. The summed E-state index contributed by atoms with van der Waals surface area (Å²) in [7, 11) is -4.00. The largest absolute Gasteiger partial charge is 0.573 e. The van der Waals surface area contributed by atoms with Crippen LogP contribution in [0.5, 0.6) is 5.75 Å². The van der Waals surface area contributed by atoms with Gasteiger partial charge in [-0.25, -0.2) is 13.4 Å². The lowest BCUT2D eigenvalue weighted by Gasteiger charge is -2.27. The Kier molecular flexibility index (Phi) is 6.75. The van der Waals surface area contributed by atoms with Gasteiger partial charge in [0.15, 0.2) is 0 Å². The smallest absolute Gasteiger partial charge is 0.406 e. The maximum atomic E-state index is 12.5. The van der Waals surface area contributed by atoms with Gasteiger partial charge in [0.25, 0.3) is 10.0 Å². The minimum atomic E-state index is -4.85. The third kappa shape index (κ3) is 6.26. The number of rotatable bonds is 7. The fraction of sp³-hybridized carbons (Fsp3) is 0.238. The molecule has 1 aliphatic heterocycles. The molecule has 3 aromatic rings. The van der Waals surface area contributed by atoms with Crippen LogP contribution in [0.25, 0.3) is 0 Å². The molecule has 0 amide bonds. The third-order valence-corrected chi connectivity index (χ3v) is 6.22. The fourth-order valence-corrected chi connectivity index (χ4v) is 4.30. The van der Waals surface area contributed by atoms with E-state index < -0.39 is 22.1 Å². The summed E-state index contributed by atoms with van der Waals surface area (Å²) in [4.78, 5) is 10.7. The van der Waals surface area contributed by atoms with Crippen molar-refractivity contribution in [1.82, 2.24) is 15.3 Å². The summed E-state index contributed by atoms with van der Waals surface area (Å²) >= 11 is 0. The molecule has 1 saturated heterocycles. The Morgan fingerprint density at radius 1 is 0.941 bits per heavy atom. The molecule has 1 aliphatic rings. The third-order valence-electron chi connectivity index (χ3n) is 4.82. The van der Waals surface area contributed by atoms with Crippen LogP contribution < -0.4 is 25.0 Å². The van der Waals surface area contributed by atoms with E-state index in [1.165, 1.54) is 0 Å². The lowest BCUT2D eigenvalue weighted by molar-refractivity contribution is -0.274. The first-order valence-corrected chi connectivity index (χ1v) is 11.7. The van der Waals surface area contributed by atoms with E-state index in [4.69, 9.17) is 0 Å². The Balaban J connectivity index is 1.40. The standard InChI is InChI=1S/C21H21F3N6O3S/c22-21(23,24)33-17-5-7-18(8-6-17)34(31,32)29-16-3-1-15(2-4-16)27-19-9-10-26-20(28-19)30-13-11-25-12-14-30/h1-10,25,29H,11-14H2,(H,26,27,28). The predicted molar refractivity (Wildman–Crippen MR) is 121 cm³/mol. The topological polar surface area (TPSA) is 108 Å². The Labute approximate surface area is 194 Å². The van der Waals surface area contributed by atoms with E-state index in [2.05, 4.69) is 35.0 Å². The first kappa shape index (κ1) is 23.6. The highest BCUT2D eigenvalue weighted by atomic mass is 32.2. The van der Waals surface area contributed by atoms with Crippen molar-refractivity contribution in [3.8, 4) is 5.75 Å². The lowest BCUT2D eigenvalue weighted by Crippen LogP contribution is -2.44. The Bertz CT molecular complexity index is 1220. The molecule has 2 aromatic carbocycles. The van der Waals surface area contributed by atoms with E-state index in [0.717, 1.165) is 50.4 Å². The van der Waals surface area contributed by atoms with Gasteiger partial charge in [-0.1, -0.05) is 0 Å². The normalized spacial score (nSPS) is 14.5. The molecule has 0 aliphatic carbocycles. The quantitative estimate of drug-likeness (QED) is 0.459. The van der Waals surface area contributed by atoms with Crippen LogP contribution in [0.15, 0.2) is 65.7 Å². The van der Waals surface area contributed by atoms with Crippen LogP contribution in [0.1, 0.15) is 0 Å². The predicted octanol–water partition coefficient (Wildman–Crippen LogP) is 3.33. The van der Waals surface area contributed by atoms with E-state index in [0.29, 0.717) is 17.5 Å². The van der Waals surface area contributed by atoms with Gasteiger partial charge in [-0.15, -0.1) is 13.2 Å². The first-order chi connectivity index (χ1) is 16.2. The Morgan fingerprint density at radius 3 is 2.24 bits per heavy atom. The molecule has 0 spiro atoms. The van der Waals surface area contributed by atoms with Gasteiger partial charge >= 0.3 is 6.36 Å². The molecular weight excluding hydrogens is 473 g/mol. The second kappa shape index (κ2) is 9.73. The fourth-order valence-electron chi connectivity index (χ4n) is 3.24. The van der Waals surface area contributed by atoms with Gasteiger partial charge in [-0.3, -0.25) is 4.72 Å². The van der Waals surface area contributed by atoms with Crippen LogP contribution in [0, 0.1) is 0 Å². The van der Waals surface area contributed by atoms with Crippen molar-refractivity contribution >= 4 is 33.2 Å². The van der Waals surface area contributed by atoms with Crippen molar-refractivity contribution in [2.45, 2.75) is 11.3 Å². The van der Waals surface area contributed by atoms with Crippen molar-refractivity contribution in [1.29, 1.82) is 0 Å². The van der Waals surface area contributed by atoms with Gasteiger partial charge in [0.1, 0.15) is 11.6 Å². The SMILES string of the molecule is O=S(=O)(Nc1ccc(Nc2ccnc(N3CCNCC3)n2)cc1)c1ccc(OC(F)(F)F)cc1. The average Bonchev–Trinajstić information content (AvgIpc) is 2.80. The van der Waals surface area contributed by atoms with Crippen LogP contribution in [0.2, 0.25) is 0 Å². The number of nitrogens with one attached hydrogen (secondary N) is 3. The molecule has 0 unspecified atom stereocenters. The van der Waals surface area contributed by atoms with Crippen molar-refractivity contribution in [2.75, 3.05) is 41.1 Å². The van der Waals surface area contributed by atoms with Crippen molar-refractivity contribution in [3.63, 3.8) is 0 Å². The number of alkyl halides is 3. The van der Waals surface area contributed by atoms with Crippen molar-refractivity contribution in [3.05, 3.63) is 60.8 Å². The zero-order valence-electron chi connectivity index (χ0n) is 17.7. The number of sulfonamides is 1. The highest BCUT2D eigenvalue weighted by molar-refractivity contribution is 7.92. The van der Waals surface area contributed by atoms with Gasteiger partial charge in [-0.2, -0.15) is 4.98 Å². The molecule has 34 heavy (non-hydrogen) atoms. The number of anilines is 4. The highest BCUT2D eigenvalue weighted by Gasteiger charge is 2.31. The molecule has 0 atom stereocenters. The molecule has 2 heterocycles. The molecule has 4 rings (SSSR count). The minimum Gasteiger partial charge on any atom is -0.406 e. The molecule has 0 radical (unpaired) electrons. The summed E-state index contributed by atoms with van der Waals surface area (Å²) in [6.45, 7) is 3.36. The maximum Gasteiger partial charge on any atom is 0.573 e. The molecule has 0 bridgehead atoms. The molecule has 1 aromatic heterocycles. The summed E-state index contributed by atoms with van der Waals surface area (Å²) in [5, 5.41) is 6.43. The van der Waals surface area contributed by atoms with Crippen LogP contribution >= 0.6 is 0 Å². The second-order valence-electron chi connectivity index (χ2n) is 7.31. The zero-order chi connectivity index (χ0) is 24.2. The number of hydrogen-bond donors (Lipinski definition) is 3. The van der Waals surface area contributed by atoms with Gasteiger partial charge in [0, 0.05) is 43.8 Å². The number of ether oxygens (including phenoxy) is 1. The lowest BCUT2D eigenvalue weighted by atomic mass is 10.3. The van der Waals surface area contributed by atoms with Crippen LogP contribution in [0.4, 0.5) is 36.3 Å². The average molecular weight is 494 g/mol. The van der Waals surface area contributed by atoms with Gasteiger partial charge in [0.05, 0.1) is 4.90 Å². The van der Waals surface area contributed by atoms with E-state index in [1.807, 2.05) is 0 Å². The molecule has 180 valence electrons. The number of benzene rings is 2. The molecule has 3 N–H and O–H groups in total. The van der Waals surface area contributed by atoms with E-state index in [1.54, 1.807) is 36.5 Å². The molecule has 9 nitrogen and oxygen atoms in total. The number of halogens is 3. The first-order valence-electron chi connectivity index (χ1n) is 10.2. The van der Waals surface area contributed by atoms with Crippen molar-refractivity contribution < 1.29 is 26.3 Å². The summed E-state index contributed by atoms with van der Waals surface area (Å²) in [5.74, 6) is 0.715. The molecule has 0 saturated carbocycles. The molecular formula is C21H21F3N6O3S. The van der Waals surface area contributed by atoms with Gasteiger partial charge < -0.3 is 20.3 Å². The maximum absolute atomic E-state index is 12.5. The second-order valence-corrected chi connectivity index (χ2v) is 8.99. The van der Waals surface area contributed by atoms with Gasteiger partial charge in [-0.05, 0) is 54.6 Å². The number of hydrogen-bond acceptors (Lipinski definition) is 8. The number of nitrogens with zero attached hydrogens (tertiary/aromatic N) is 3.